The molecule has 0 fully saturated rings. The number of aliphatic imine (C=N–C) groups is 1. The summed E-state index contributed by atoms with van der Waals surface area (Å²) in [7, 11) is 0. The summed E-state index contributed by atoms with van der Waals surface area (Å²) in [6.07, 6.45) is 3.26. The molecule has 1 aromatic carbocycles. The van der Waals surface area contributed by atoms with Gasteiger partial charge in [-0.15, -0.1) is 0 Å². The quantitative estimate of drug-likeness (QED) is 0.648. The van der Waals surface area contributed by atoms with Gasteiger partial charge in [-0.1, -0.05) is 0 Å². The largest absolute Gasteiger partial charge is 0.310 e. The van der Waals surface area contributed by atoms with Crippen LogP contribution in [0, 0.1) is 6.92 Å². The van der Waals surface area contributed by atoms with E-state index in [-0.39, 0.29) is 11.5 Å². The lowest BCUT2D eigenvalue weighted by atomic mass is 10.0. The summed E-state index contributed by atoms with van der Waals surface area (Å²) >= 11 is 3.37. The Kier molecular flexibility index (Phi) is 4.04. The van der Waals surface area contributed by atoms with Gasteiger partial charge in [0.25, 0.3) is 5.56 Å². The maximum atomic E-state index is 12.1. The Morgan fingerprint density at radius 3 is 2.69 bits per heavy atom. The standard InChI is InChI=1S/C18H14BrN5O2/c1-10-6-16(25)23-24(10)13-4-2-12(3-5-13)20-9-15-14-7-11(19)8-21-17(14)22-18(15)26/h2-9,15H,1H3,(H,23,25)(H,21,22,26). The van der Waals surface area contributed by atoms with Crippen molar-refractivity contribution in [2.75, 3.05) is 5.32 Å². The van der Waals surface area contributed by atoms with Gasteiger partial charge in [-0.05, 0) is 53.2 Å². The smallest absolute Gasteiger partial charge is 0.264 e. The van der Waals surface area contributed by atoms with Gasteiger partial charge < -0.3 is 5.32 Å². The van der Waals surface area contributed by atoms with Gasteiger partial charge in [0.15, 0.2) is 0 Å². The van der Waals surface area contributed by atoms with E-state index in [1.165, 1.54) is 6.07 Å². The molecule has 8 heteroatoms. The molecule has 1 aliphatic rings. The summed E-state index contributed by atoms with van der Waals surface area (Å²) in [5, 5.41) is 5.49. The molecule has 0 aliphatic carbocycles. The van der Waals surface area contributed by atoms with Gasteiger partial charge in [0.1, 0.15) is 11.7 Å². The number of anilines is 1. The first kappa shape index (κ1) is 16.5. The van der Waals surface area contributed by atoms with E-state index in [1.807, 2.05) is 37.3 Å². The molecule has 130 valence electrons. The van der Waals surface area contributed by atoms with Crippen LogP contribution in [0.15, 0.2) is 56.9 Å². The number of amides is 1. The molecule has 2 aromatic heterocycles. The van der Waals surface area contributed by atoms with Crippen LogP contribution in [0.1, 0.15) is 17.2 Å². The SMILES string of the molecule is Cc1cc(=O)[nH]n1-c1ccc(N=CC2C(=O)Nc3ncc(Br)cc32)cc1. The molecule has 1 atom stereocenters. The third-order valence-corrected chi connectivity index (χ3v) is 4.57. The number of carbonyl (C=O) groups excluding carboxylic acids is 1. The number of hydrogen-bond acceptors (Lipinski definition) is 4. The fourth-order valence-corrected chi connectivity index (χ4v) is 3.23. The molecule has 7 nitrogen and oxygen atoms in total. The molecule has 26 heavy (non-hydrogen) atoms. The van der Waals surface area contributed by atoms with Crippen LogP contribution in [0.4, 0.5) is 11.5 Å². The maximum absolute atomic E-state index is 12.1. The Labute approximate surface area is 156 Å². The molecule has 0 spiro atoms. The third kappa shape index (κ3) is 2.99. The van der Waals surface area contributed by atoms with Crippen LogP contribution in [0.3, 0.4) is 0 Å². The summed E-state index contributed by atoms with van der Waals surface area (Å²) < 4.78 is 2.52. The van der Waals surface area contributed by atoms with Crippen LogP contribution in [0.25, 0.3) is 5.69 Å². The molecule has 0 radical (unpaired) electrons. The van der Waals surface area contributed by atoms with Gasteiger partial charge in [0.2, 0.25) is 5.91 Å². The Hall–Kier alpha value is -3.00. The minimum Gasteiger partial charge on any atom is -0.310 e. The molecule has 1 aliphatic heterocycles. The van der Waals surface area contributed by atoms with Crippen molar-refractivity contribution < 1.29 is 4.79 Å². The van der Waals surface area contributed by atoms with E-state index in [0.717, 1.165) is 21.4 Å². The number of nitrogens with one attached hydrogen (secondary N) is 2. The van der Waals surface area contributed by atoms with Crippen molar-refractivity contribution in [3.63, 3.8) is 0 Å². The summed E-state index contributed by atoms with van der Waals surface area (Å²) in [5.41, 5.74) is 3.02. The molecule has 2 N–H and O–H groups in total. The highest BCUT2D eigenvalue weighted by Crippen LogP contribution is 2.32. The highest BCUT2D eigenvalue weighted by Gasteiger charge is 2.30. The highest BCUT2D eigenvalue weighted by atomic mass is 79.9. The number of fused-ring (bicyclic) bond motifs is 1. The number of aryl methyl sites for hydroxylation is 1. The first-order valence-corrected chi connectivity index (χ1v) is 8.70. The zero-order valence-corrected chi connectivity index (χ0v) is 15.3. The molecule has 1 amide bonds. The van der Waals surface area contributed by atoms with Gasteiger partial charge in [-0.2, -0.15) is 0 Å². The van der Waals surface area contributed by atoms with Crippen LogP contribution in [-0.4, -0.2) is 26.9 Å². The summed E-state index contributed by atoms with van der Waals surface area (Å²) in [6, 6.07) is 10.8. The topological polar surface area (TPSA) is 92.1 Å². The number of aromatic nitrogens is 3. The summed E-state index contributed by atoms with van der Waals surface area (Å²) in [6.45, 7) is 1.85. The van der Waals surface area contributed by atoms with Crippen molar-refractivity contribution in [1.82, 2.24) is 14.8 Å². The first-order valence-electron chi connectivity index (χ1n) is 7.91. The second kappa shape index (κ2) is 6.38. The summed E-state index contributed by atoms with van der Waals surface area (Å²) in [5.74, 6) is -0.0544. The lowest BCUT2D eigenvalue weighted by Gasteiger charge is -2.06. The minimum absolute atomic E-state index is 0.143. The van der Waals surface area contributed by atoms with Gasteiger partial charge in [-0.3, -0.25) is 24.4 Å². The number of aromatic amines is 1. The Morgan fingerprint density at radius 2 is 2.00 bits per heavy atom. The Balaban J connectivity index is 1.58. The van der Waals surface area contributed by atoms with E-state index >= 15 is 0 Å². The average molecular weight is 412 g/mol. The number of benzene rings is 1. The molecule has 1 unspecified atom stereocenters. The molecule has 3 aromatic rings. The second-order valence-corrected chi connectivity index (χ2v) is 6.87. The normalized spacial score (nSPS) is 16.1. The lowest BCUT2D eigenvalue weighted by molar-refractivity contribution is -0.115. The van der Waals surface area contributed by atoms with Crippen LogP contribution in [0.5, 0.6) is 0 Å². The van der Waals surface area contributed by atoms with Gasteiger partial charge >= 0.3 is 0 Å². The Morgan fingerprint density at radius 1 is 1.23 bits per heavy atom. The van der Waals surface area contributed by atoms with E-state index in [9.17, 15) is 9.59 Å². The van der Waals surface area contributed by atoms with Crippen LogP contribution in [0.2, 0.25) is 0 Å². The predicted molar refractivity (Wildman–Crippen MR) is 103 cm³/mol. The van der Waals surface area contributed by atoms with Crippen LogP contribution < -0.4 is 10.9 Å². The molecule has 0 bridgehead atoms. The second-order valence-electron chi connectivity index (χ2n) is 5.95. The van der Waals surface area contributed by atoms with Crippen LogP contribution in [-0.2, 0) is 4.79 Å². The molecular formula is C18H14BrN5O2. The van der Waals surface area contributed by atoms with E-state index in [0.29, 0.717) is 11.5 Å². The molecule has 4 rings (SSSR count). The molecule has 3 heterocycles. The Bertz CT molecular complexity index is 1080. The average Bonchev–Trinajstić information content (AvgIpc) is 3.11. The van der Waals surface area contributed by atoms with Gasteiger partial charge in [-0.25, -0.2) is 4.98 Å². The van der Waals surface area contributed by atoms with E-state index in [1.54, 1.807) is 17.1 Å². The van der Waals surface area contributed by atoms with Gasteiger partial charge in [0.05, 0.1) is 11.4 Å². The van der Waals surface area contributed by atoms with Crippen molar-refractivity contribution in [1.29, 1.82) is 0 Å². The zero-order chi connectivity index (χ0) is 18.3. The number of hydrogen-bond donors (Lipinski definition) is 2. The molecular weight excluding hydrogens is 398 g/mol. The number of H-pyrrole nitrogens is 1. The lowest BCUT2D eigenvalue weighted by Crippen LogP contribution is -2.12. The third-order valence-electron chi connectivity index (χ3n) is 4.14. The van der Waals surface area contributed by atoms with E-state index in [4.69, 9.17) is 0 Å². The monoisotopic (exact) mass is 411 g/mol. The van der Waals surface area contributed by atoms with Crippen molar-refractivity contribution in [2.45, 2.75) is 12.8 Å². The van der Waals surface area contributed by atoms with Crippen molar-refractivity contribution in [2.24, 2.45) is 4.99 Å². The molecule has 0 saturated heterocycles. The minimum atomic E-state index is -0.474. The van der Waals surface area contributed by atoms with E-state index < -0.39 is 5.92 Å². The fourth-order valence-electron chi connectivity index (χ4n) is 2.88. The van der Waals surface area contributed by atoms with Crippen molar-refractivity contribution in [3.8, 4) is 5.69 Å². The number of carbonyl (C=O) groups is 1. The van der Waals surface area contributed by atoms with Crippen molar-refractivity contribution >= 4 is 39.6 Å². The predicted octanol–water partition coefficient (Wildman–Crippen LogP) is 3.07. The fraction of sp³-hybridized carbons (Fsp3) is 0.111. The van der Waals surface area contributed by atoms with E-state index in [2.05, 4.69) is 36.3 Å². The number of rotatable bonds is 3. The summed E-state index contributed by atoms with van der Waals surface area (Å²) in [4.78, 5) is 32.2. The van der Waals surface area contributed by atoms with Crippen molar-refractivity contribution in [3.05, 3.63) is 68.7 Å². The number of nitrogens with zero attached hydrogens (tertiary/aromatic N) is 3. The highest BCUT2D eigenvalue weighted by molar-refractivity contribution is 9.10. The zero-order valence-electron chi connectivity index (χ0n) is 13.7. The maximum Gasteiger partial charge on any atom is 0.264 e. The van der Waals surface area contributed by atoms with Gasteiger partial charge in [0, 0.05) is 34.2 Å². The number of pyridine rings is 1. The van der Waals surface area contributed by atoms with Crippen LogP contribution >= 0.6 is 15.9 Å². The number of halogens is 1. The first-order chi connectivity index (χ1) is 12.5. The molecule has 0 saturated carbocycles.